The molecular weight excluding hydrogens is 1110 g/mol. The van der Waals surface area contributed by atoms with Crippen molar-refractivity contribution in [3.8, 4) is 23.0 Å². The van der Waals surface area contributed by atoms with Gasteiger partial charge in [0.15, 0.2) is 11.5 Å². The summed E-state index contributed by atoms with van der Waals surface area (Å²) in [6, 6.07) is 30.5. The standard InChI is InChI=1S/C22H15N7O14S4.C22H15N7O2/c30-19-15(46(36,37)38)7-9-5-11(44-43-42-32)1-3-13(9)17(19)24-26-21-23-22(29-28-21)27-25-18-14-4-2-12(45(33,34)35)6-10(14)8-16(20(18)31)47(39,40)41;30-17-11-9-13-5-1-3-7-15(13)19(17)24-26-21-23-22(29-28-21)27-25-20-16-8-4-2-6-14(16)10-12-18(20)31/h1-8,30-32H,(H,23,28,29)(H,33,34,35)(H,36,37,38)(H,39,40,41);1-12,30-31H,(H,23,28,29). The van der Waals surface area contributed by atoms with Gasteiger partial charge in [-0.05, 0) is 70.1 Å². The Balaban J connectivity index is 0.000000206. The molecule has 10 aromatic rings. The number of azo groups is 4. The van der Waals surface area contributed by atoms with Crippen molar-refractivity contribution < 1.29 is 74.0 Å². The lowest BCUT2D eigenvalue weighted by atomic mass is 10.1. The molecule has 10 N–H and O–H groups in total. The number of aromatic nitrogens is 6. The highest BCUT2D eigenvalue weighted by Gasteiger charge is 2.25. The van der Waals surface area contributed by atoms with Crippen LogP contribution in [0.4, 0.5) is 46.5 Å². The van der Waals surface area contributed by atoms with Gasteiger partial charge in [-0.2, -0.15) is 35.2 Å². The monoisotopic (exact) mass is 1140 g/mol. The Kier molecular flexibility index (Phi) is 14.9. The summed E-state index contributed by atoms with van der Waals surface area (Å²) in [6.07, 6.45) is 0. The van der Waals surface area contributed by atoms with E-state index in [4.69, 9.17) is 5.26 Å². The molecular formula is C44H30N14O16S4. The van der Waals surface area contributed by atoms with Crippen molar-refractivity contribution in [2.45, 2.75) is 19.6 Å². The molecule has 0 bridgehead atoms. The molecule has 0 fully saturated rings. The van der Waals surface area contributed by atoms with E-state index in [0.29, 0.717) is 28.3 Å². The molecule has 396 valence electrons. The molecule has 0 amide bonds. The van der Waals surface area contributed by atoms with Gasteiger partial charge in [-0.15, -0.1) is 55.4 Å². The molecule has 0 atom stereocenters. The lowest BCUT2D eigenvalue weighted by Gasteiger charge is -2.09. The van der Waals surface area contributed by atoms with Gasteiger partial charge in [0.1, 0.15) is 44.0 Å². The molecule has 30 nitrogen and oxygen atoms in total. The first kappa shape index (κ1) is 53.5. The number of H-pyrrole nitrogens is 2. The number of fused-ring (bicyclic) bond motifs is 4. The van der Waals surface area contributed by atoms with Crippen LogP contribution >= 0.6 is 12.0 Å². The quantitative estimate of drug-likeness (QED) is 0.0159. The maximum Gasteiger partial charge on any atom is 0.298 e. The highest BCUT2D eigenvalue weighted by molar-refractivity contribution is 7.94. The minimum atomic E-state index is -5.07. The zero-order valence-electron chi connectivity index (χ0n) is 38.4. The minimum absolute atomic E-state index is 0.00401. The van der Waals surface area contributed by atoms with Gasteiger partial charge in [-0.3, -0.25) is 13.7 Å². The van der Waals surface area contributed by atoms with Crippen LogP contribution in [0.25, 0.3) is 43.1 Å². The summed E-state index contributed by atoms with van der Waals surface area (Å²) in [5, 5.41) is 100. The van der Waals surface area contributed by atoms with Crippen molar-refractivity contribution in [3.63, 3.8) is 0 Å². The molecule has 78 heavy (non-hydrogen) atoms. The fraction of sp³-hybridized carbons (Fsp3) is 0. The van der Waals surface area contributed by atoms with E-state index in [1.807, 2.05) is 48.5 Å². The molecule has 0 aliphatic rings. The second-order valence-corrected chi connectivity index (χ2v) is 20.6. The zero-order chi connectivity index (χ0) is 55.5. The molecule has 2 heterocycles. The summed E-state index contributed by atoms with van der Waals surface area (Å²) in [4.78, 5) is 5.64. The molecule has 8 aromatic carbocycles. The van der Waals surface area contributed by atoms with E-state index in [9.17, 15) is 59.3 Å². The van der Waals surface area contributed by atoms with E-state index in [0.717, 1.165) is 51.9 Å². The number of nitrogens with zero attached hydrogens (tertiary/aromatic N) is 12. The minimum Gasteiger partial charge on any atom is -0.506 e. The summed E-state index contributed by atoms with van der Waals surface area (Å²) in [7, 11) is -14.8. The molecule has 0 aliphatic heterocycles. The van der Waals surface area contributed by atoms with Crippen LogP contribution in [0.5, 0.6) is 23.0 Å². The number of nitrogens with one attached hydrogen (secondary N) is 2. The van der Waals surface area contributed by atoms with Crippen molar-refractivity contribution in [3.05, 3.63) is 121 Å². The van der Waals surface area contributed by atoms with Crippen molar-refractivity contribution in [2.24, 2.45) is 40.9 Å². The zero-order valence-corrected chi connectivity index (χ0v) is 41.7. The first-order valence-corrected chi connectivity index (χ1v) is 26.3. The fourth-order valence-corrected chi connectivity index (χ4v) is 9.43. The van der Waals surface area contributed by atoms with Crippen LogP contribution in [0.15, 0.2) is 182 Å². The maximum atomic E-state index is 11.9. The Bertz CT molecular complexity index is 4390. The van der Waals surface area contributed by atoms with Crippen molar-refractivity contribution in [1.82, 2.24) is 30.4 Å². The SMILES string of the molecule is O=S(=O)(O)c1ccc2c(N=Nc3n[nH]c(N=Nc4c(O)c(S(=O)(=O)O)cc5cc(SOOO)ccc45)n3)c(O)c(S(=O)(=O)O)cc2c1.Oc1ccc2ccccc2c1N=Nc1n[nH]c(N=Nc2c(O)ccc3ccccc23)n1. The number of hydrogen-bond acceptors (Lipinski definition) is 26. The third-order valence-electron chi connectivity index (χ3n) is 10.7. The largest absolute Gasteiger partial charge is 0.506 e. The van der Waals surface area contributed by atoms with Gasteiger partial charge in [0.25, 0.3) is 54.1 Å². The van der Waals surface area contributed by atoms with E-state index in [2.05, 4.69) is 80.6 Å². The van der Waals surface area contributed by atoms with Gasteiger partial charge >= 0.3 is 0 Å². The summed E-state index contributed by atoms with van der Waals surface area (Å²) in [5.74, 6) is -2.80. The first-order valence-electron chi connectivity index (χ1n) is 21.3. The topological polar surface area (TPSA) is 465 Å². The number of aromatic hydroxyl groups is 4. The van der Waals surface area contributed by atoms with Crippen molar-refractivity contribution in [2.75, 3.05) is 0 Å². The van der Waals surface area contributed by atoms with E-state index in [1.165, 1.54) is 18.2 Å². The van der Waals surface area contributed by atoms with Crippen LogP contribution in [-0.2, 0) is 39.7 Å². The number of rotatable bonds is 14. The summed E-state index contributed by atoms with van der Waals surface area (Å²) in [6.45, 7) is 0. The second-order valence-electron chi connectivity index (χ2n) is 15.6. The fourth-order valence-electron chi connectivity index (χ4n) is 7.27. The molecule has 0 aliphatic carbocycles. The third-order valence-corrected chi connectivity index (χ3v) is 13.9. The Morgan fingerprint density at radius 2 is 0.885 bits per heavy atom. The molecule has 10 rings (SSSR count). The first-order chi connectivity index (χ1) is 37.2. The normalized spacial score (nSPS) is 12.6. The van der Waals surface area contributed by atoms with E-state index >= 15 is 0 Å². The average Bonchev–Trinajstić information content (AvgIpc) is 4.17. The number of aromatic amines is 2. The van der Waals surface area contributed by atoms with Gasteiger partial charge < -0.3 is 20.4 Å². The van der Waals surface area contributed by atoms with Crippen LogP contribution in [0.2, 0.25) is 0 Å². The highest BCUT2D eigenvalue weighted by Crippen LogP contribution is 2.44. The maximum absolute atomic E-state index is 11.9. The van der Waals surface area contributed by atoms with Crippen LogP contribution in [-0.4, -0.2) is 95.0 Å². The molecule has 2 aromatic heterocycles. The summed E-state index contributed by atoms with van der Waals surface area (Å²) in [5.41, 5.74) is -0.352. The van der Waals surface area contributed by atoms with Gasteiger partial charge in [0.2, 0.25) is 0 Å². The highest BCUT2D eigenvalue weighted by atomic mass is 32.2. The van der Waals surface area contributed by atoms with Crippen LogP contribution in [0.1, 0.15) is 0 Å². The van der Waals surface area contributed by atoms with Crippen LogP contribution in [0, 0.1) is 0 Å². The number of hydrogen-bond donors (Lipinski definition) is 10. The van der Waals surface area contributed by atoms with E-state index in [1.54, 1.807) is 24.3 Å². The van der Waals surface area contributed by atoms with Gasteiger partial charge in [0.05, 0.1) is 16.9 Å². The van der Waals surface area contributed by atoms with Crippen LogP contribution in [0.3, 0.4) is 0 Å². The van der Waals surface area contributed by atoms with Crippen molar-refractivity contribution >= 4 is 132 Å². The smallest absolute Gasteiger partial charge is 0.298 e. The third kappa shape index (κ3) is 11.7. The lowest BCUT2D eigenvalue weighted by Crippen LogP contribution is -2.00. The van der Waals surface area contributed by atoms with Gasteiger partial charge in [-0.25, -0.2) is 15.5 Å². The molecule has 0 saturated heterocycles. The van der Waals surface area contributed by atoms with E-state index in [-0.39, 0.29) is 44.9 Å². The van der Waals surface area contributed by atoms with Crippen LogP contribution < -0.4 is 0 Å². The second kappa shape index (κ2) is 21.7. The molecule has 0 saturated carbocycles. The molecule has 34 heteroatoms. The molecule has 0 unspecified atom stereocenters. The Morgan fingerprint density at radius 1 is 0.449 bits per heavy atom. The summed E-state index contributed by atoms with van der Waals surface area (Å²) >= 11 is 0.544. The average molecular weight is 1140 g/mol. The van der Waals surface area contributed by atoms with Gasteiger partial charge in [0, 0.05) is 26.4 Å². The Labute approximate surface area is 439 Å². The number of phenols is 4. The Hall–Kier alpha value is -9.36. The molecule has 0 radical (unpaired) electrons. The van der Waals surface area contributed by atoms with Crippen molar-refractivity contribution in [1.29, 1.82) is 0 Å². The van der Waals surface area contributed by atoms with E-state index < -0.39 is 79.8 Å². The lowest BCUT2D eigenvalue weighted by molar-refractivity contribution is -0.432. The molecule has 0 spiro atoms. The number of phenolic OH excluding ortho intramolecular Hbond substituents is 4. The van der Waals surface area contributed by atoms with Gasteiger partial charge in [-0.1, -0.05) is 77.8 Å². The Morgan fingerprint density at radius 3 is 1.37 bits per heavy atom. The number of benzene rings is 8. The predicted octanol–water partition coefficient (Wildman–Crippen LogP) is 10.9. The summed E-state index contributed by atoms with van der Waals surface area (Å²) < 4.78 is 103. The predicted molar refractivity (Wildman–Crippen MR) is 272 cm³/mol.